The summed E-state index contributed by atoms with van der Waals surface area (Å²) in [7, 11) is 1.64. The lowest BCUT2D eigenvalue weighted by atomic mass is 10.3. The Kier molecular flexibility index (Phi) is 5.77. The van der Waals surface area contributed by atoms with E-state index in [-0.39, 0.29) is 5.43 Å². The van der Waals surface area contributed by atoms with Crippen LogP contribution in [0, 0.1) is 0 Å². The van der Waals surface area contributed by atoms with E-state index in [9.17, 15) is 9.90 Å². The summed E-state index contributed by atoms with van der Waals surface area (Å²) in [5, 5.41) is 12.7. The molecule has 2 N–H and O–H groups in total. The third-order valence-electron chi connectivity index (χ3n) is 2.15. The quantitative estimate of drug-likeness (QED) is 0.612. The molecule has 0 saturated carbocycles. The summed E-state index contributed by atoms with van der Waals surface area (Å²) in [5.41, 5.74) is -0.0241. The maximum absolute atomic E-state index is 10.8. The van der Waals surface area contributed by atoms with Gasteiger partial charge in [-0.25, -0.2) is 0 Å². The van der Waals surface area contributed by atoms with E-state index in [1.807, 2.05) is 0 Å². The number of pyridine rings is 1. The summed E-state index contributed by atoms with van der Waals surface area (Å²) < 4.78 is 6.65. The van der Waals surface area contributed by atoms with Gasteiger partial charge in [0.05, 0.1) is 12.7 Å². The Bertz CT molecular complexity index is 331. The number of rotatable bonds is 7. The second-order valence-corrected chi connectivity index (χ2v) is 3.58. The number of hydrogen-bond acceptors (Lipinski definition) is 4. The van der Waals surface area contributed by atoms with Crippen LogP contribution in [-0.4, -0.2) is 42.6 Å². The number of nitrogens with one attached hydrogen (secondary N) is 1. The first kappa shape index (κ1) is 12.9. The maximum Gasteiger partial charge on any atom is 0.181 e. The summed E-state index contributed by atoms with van der Waals surface area (Å²) in [6.45, 7) is 2.33. The van der Waals surface area contributed by atoms with Crippen molar-refractivity contribution in [1.82, 2.24) is 9.88 Å². The third kappa shape index (κ3) is 5.06. The van der Waals surface area contributed by atoms with Crippen molar-refractivity contribution >= 4 is 0 Å². The monoisotopic (exact) mass is 226 g/mol. The van der Waals surface area contributed by atoms with E-state index in [2.05, 4.69) is 5.32 Å². The molecule has 5 nitrogen and oxygen atoms in total. The number of aliphatic hydroxyl groups excluding tert-OH is 1. The van der Waals surface area contributed by atoms with Gasteiger partial charge in [0.15, 0.2) is 5.43 Å². The molecule has 5 heteroatoms. The molecule has 0 aliphatic rings. The third-order valence-corrected chi connectivity index (χ3v) is 2.15. The largest absolute Gasteiger partial charge is 0.390 e. The Balaban J connectivity index is 2.25. The molecule has 0 spiro atoms. The van der Waals surface area contributed by atoms with E-state index in [1.54, 1.807) is 24.1 Å². The average molecular weight is 226 g/mol. The number of aromatic nitrogens is 1. The van der Waals surface area contributed by atoms with Gasteiger partial charge in [0.25, 0.3) is 0 Å². The van der Waals surface area contributed by atoms with Gasteiger partial charge in [0.2, 0.25) is 0 Å². The van der Waals surface area contributed by atoms with Crippen molar-refractivity contribution in [2.45, 2.75) is 12.6 Å². The zero-order chi connectivity index (χ0) is 11.8. The van der Waals surface area contributed by atoms with Gasteiger partial charge in [-0.1, -0.05) is 0 Å². The lowest BCUT2D eigenvalue weighted by molar-refractivity contribution is 0.143. The molecule has 0 aromatic carbocycles. The zero-order valence-electron chi connectivity index (χ0n) is 9.43. The lowest BCUT2D eigenvalue weighted by Gasteiger charge is -2.13. The predicted molar refractivity (Wildman–Crippen MR) is 61.5 cm³/mol. The first-order valence-electron chi connectivity index (χ1n) is 5.26. The van der Waals surface area contributed by atoms with Crippen molar-refractivity contribution in [1.29, 1.82) is 0 Å². The summed E-state index contributed by atoms with van der Waals surface area (Å²) in [6, 6.07) is 2.95. The van der Waals surface area contributed by atoms with Crippen molar-refractivity contribution in [2.75, 3.05) is 26.8 Å². The SMILES string of the molecule is COCCNCC(O)Cn1ccc(=O)cc1. The number of hydrogen-bond donors (Lipinski definition) is 2. The molecule has 90 valence electrons. The number of aliphatic hydroxyl groups is 1. The number of nitrogens with zero attached hydrogens (tertiary/aromatic N) is 1. The van der Waals surface area contributed by atoms with Crippen LogP contribution in [0.25, 0.3) is 0 Å². The highest BCUT2D eigenvalue weighted by molar-refractivity contribution is 4.93. The smallest absolute Gasteiger partial charge is 0.181 e. The van der Waals surface area contributed by atoms with Gasteiger partial charge < -0.3 is 19.7 Å². The fourth-order valence-corrected chi connectivity index (χ4v) is 1.32. The highest BCUT2D eigenvalue weighted by atomic mass is 16.5. The second-order valence-electron chi connectivity index (χ2n) is 3.58. The van der Waals surface area contributed by atoms with E-state index in [0.29, 0.717) is 19.7 Å². The van der Waals surface area contributed by atoms with E-state index in [0.717, 1.165) is 6.54 Å². The molecule has 1 heterocycles. The Morgan fingerprint density at radius 1 is 1.50 bits per heavy atom. The van der Waals surface area contributed by atoms with Crippen LogP contribution in [0.5, 0.6) is 0 Å². The molecular formula is C11H18N2O3. The van der Waals surface area contributed by atoms with Gasteiger partial charge in [-0.2, -0.15) is 0 Å². The average Bonchev–Trinajstić information content (AvgIpc) is 2.28. The summed E-state index contributed by atoms with van der Waals surface area (Å²) in [6.07, 6.45) is 2.86. The first-order valence-corrected chi connectivity index (χ1v) is 5.26. The predicted octanol–water partition coefficient (Wildman–Crippen LogP) is -0.555. The van der Waals surface area contributed by atoms with Crippen LogP contribution in [-0.2, 0) is 11.3 Å². The normalized spacial score (nSPS) is 12.6. The Morgan fingerprint density at radius 3 is 2.81 bits per heavy atom. The first-order chi connectivity index (χ1) is 7.72. The van der Waals surface area contributed by atoms with Crippen LogP contribution in [0.2, 0.25) is 0 Å². The second kappa shape index (κ2) is 7.16. The molecule has 0 radical (unpaired) electrons. The lowest BCUT2D eigenvalue weighted by Crippen LogP contribution is -2.32. The molecule has 1 atom stereocenters. The Morgan fingerprint density at radius 2 is 2.19 bits per heavy atom. The van der Waals surface area contributed by atoms with Crippen LogP contribution >= 0.6 is 0 Å². The highest BCUT2D eigenvalue weighted by Gasteiger charge is 2.03. The molecule has 0 saturated heterocycles. The number of ether oxygens (including phenoxy) is 1. The van der Waals surface area contributed by atoms with Crippen molar-refractivity contribution < 1.29 is 9.84 Å². The van der Waals surface area contributed by atoms with Crippen LogP contribution in [0.4, 0.5) is 0 Å². The van der Waals surface area contributed by atoms with Gasteiger partial charge in [-0.3, -0.25) is 4.79 Å². The molecule has 0 amide bonds. The van der Waals surface area contributed by atoms with Crippen molar-refractivity contribution in [2.24, 2.45) is 0 Å². The van der Waals surface area contributed by atoms with Crippen molar-refractivity contribution in [3.05, 3.63) is 34.7 Å². The fourth-order valence-electron chi connectivity index (χ4n) is 1.32. The minimum Gasteiger partial charge on any atom is -0.390 e. The Labute approximate surface area is 94.7 Å². The molecule has 0 bridgehead atoms. The van der Waals surface area contributed by atoms with Crippen molar-refractivity contribution in [3.63, 3.8) is 0 Å². The molecule has 16 heavy (non-hydrogen) atoms. The minimum absolute atomic E-state index is 0.0241. The van der Waals surface area contributed by atoms with E-state index in [4.69, 9.17) is 4.74 Å². The topological polar surface area (TPSA) is 63.5 Å². The molecule has 0 aliphatic heterocycles. The minimum atomic E-state index is -0.473. The van der Waals surface area contributed by atoms with Crippen LogP contribution in [0.3, 0.4) is 0 Å². The van der Waals surface area contributed by atoms with Crippen LogP contribution < -0.4 is 10.7 Å². The van der Waals surface area contributed by atoms with E-state index in [1.165, 1.54) is 12.1 Å². The van der Waals surface area contributed by atoms with Gasteiger partial charge in [0.1, 0.15) is 0 Å². The highest BCUT2D eigenvalue weighted by Crippen LogP contribution is 1.90. The number of methoxy groups -OCH3 is 1. The van der Waals surface area contributed by atoms with Crippen molar-refractivity contribution in [3.8, 4) is 0 Å². The molecule has 0 fully saturated rings. The summed E-state index contributed by atoms with van der Waals surface area (Å²) in [5.74, 6) is 0. The molecule has 1 rings (SSSR count). The zero-order valence-corrected chi connectivity index (χ0v) is 9.43. The summed E-state index contributed by atoms with van der Waals surface area (Å²) in [4.78, 5) is 10.8. The molecule has 0 aliphatic carbocycles. The van der Waals surface area contributed by atoms with Gasteiger partial charge in [-0.05, 0) is 0 Å². The molecule has 1 aromatic heterocycles. The van der Waals surface area contributed by atoms with Gasteiger partial charge in [0, 0.05) is 51.3 Å². The molecular weight excluding hydrogens is 208 g/mol. The standard InChI is InChI=1S/C11H18N2O3/c1-16-7-4-12-8-11(15)9-13-5-2-10(14)3-6-13/h2-3,5-6,11-12,15H,4,7-9H2,1H3. The summed E-state index contributed by atoms with van der Waals surface area (Å²) >= 11 is 0. The van der Waals surface area contributed by atoms with Crippen LogP contribution in [0.15, 0.2) is 29.3 Å². The molecule has 1 aromatic rings. The maximum atomic E-state index is 10.8. The van der Waals surface area contributed by atoms with E-state index >= 15 is 0 Å². The van der Waals surface area contributed by atoms with Crippen LogP contribution in [0.1, 0.15) is 0 Å². The van der Waals surface area contributed by atoms with E-state index < -0.39 is 6.10 Å². The fraction of sp³-hybridized carbons (Fsp3) is 0.545. The van der Waals surface area contributed by atoms with Gasteiger partial charge >= 0.3 is 0 Å². The molecule has 1 unspecified atom stereocenters. The van der Waals surface area contributed by atoms with Gasteiger partial charge in [-0.15, -0.1) is 0 Å². The Hall–Kier alpha value is -1.17.